The molecule has 156 valence electrons. The maximum Gasteiger partial charge on any atom is 0.266 e. The van der Waals surface area contributed by atoms with Crippen molar-refractivity contribution in [3.8, 4) is 0 Å². The molecule has 6 nitrogen and oxygen atoms in total. The van der Waals surface area contributed by atoms with Crippen LogP contribution >= 0.6 is 0 Å². The van der Waals surface area contributed by atoms with Gasteiger partial charge in [-0.3, -0.25) is 4.79 Å². The van der Waals surface area contributed by atoms with Gasteiger partial charge in [-0.05, 0) is 41.4 Å². The van der Waals surface area contributed by atoms with Gasteiger partial charge in [0.05, 0.1) is 6.61 Å². The number of amides is 1. The van der Waals surface area contributed by atoms with Crippen LogP contribution in [0, 0.1) is 5.92 Å². The number of hydrogen-bond donors (Lipinski definition) is 1. The Kier molecular flexibility index (Phi) is 5.95. The van der Waals surface area contributed by atoms with Crippen LogP contribution in [0.25, 0.3) is 0 Å². The summed E-state index contributed by atoms with van der Waals surface area (Å²) in [7, 11) is 1.69. The second kappa shape index (κ2) is 8.79. The topological polar surface area (TPSA) is 74.0 Å². The van der Waals surface area contributed by atoms with Gasteiger partial charge in [-0.2, -0.15) is 0 Å². The predicted octanol–water partition coefficient (Wildman–Crippen LogP) is 2.63. The molecule has 1 aliphatic rings. The first kappa shape index (κ1) is 20.3. The highest BCUT2D eigenvalue weighted by Crippen LogP contribution is 2.49. The van der Waals surface area contributed by atoms with Crippen molar-refractivity contribution in [3.63, 3.8) is 0 Å². The smallest absolute Gasteiger partial charge is 0.266 e. The van der Waals surface area contributed by atoms with Crippen molar-refractivity contribution >= 4 is 5.91 Å². The summed E-state index contributed by atoms with van der Waals surface area (Å²) in [6.45, 7) is 1.35. The Morgan fingerprint density at radius 2 is 1.77 bits per heavy atom. The third-order valence-electron chi connectivity index (χ3n) is 6.41. The Labute approximate surface area is 177 Å². The summed E-state index contributed by atoms with van der Waals surface area (Å²) in [6.07, 6.45) is 6.68. The zero-order valence-electron chi connectivity index (χ0n) is 17.4. The molecule has 6 heteroatoms. The molecule has 0 spiro atoms. The lowest BCUT2D eigenvalue weighted by molar-refractivity contribution is -0.752. The van der Waals surface area contributed by atoms with E-state index in [9.17, 15) is 4.79 Å². The molecule has 1 heterocycles. The molecule has 2 unspecified atom stereocenters. The van der Waals surface area contributed by atoms with E-state index < -0.39 is 5.41 Å². The van der Waals surface area contributed by atoms with Crippen molar-refractivity contribution in [1.82, 2.24) is 9.67 Å². The van der Waals surface area contributed by atoms with Crippen molar-refractivity contribution in [2.24, 2.45) is 11.7 Å². The molecule has 0 bridgehead atoms. The maximum atomic E-state index is 13.2. The number of benzene rings is 2. The Bertz CT molecular complexity index is 932. The van der Waals surface area contributed by atoms with Gasteiger partial charge in [-0.1, -0.05) is 60.7 Å². The van der Waals surface area contributed by atoms with Crippen molar-refractivity contribution in [2.75, 3.05) is 13.7 Å². The summed E-state index contributed by atoms with van der Waals surface area (Å²) in [5, 5.41) is 4.44. The van der Waals surface area contributed by atoms with E-state index in [1.54, 1.807) is 7.11 Å². The Balaban J connectivity index is 1.69. The summed E-state index contributed by atoms with van der Waals surface area (Å²) < 4.78 is 9.20. The minimum absolute atomic E-state index is 0.111. The van der Waals surface area contributed by atoms with Gasteiger partial charge in [0.1, 0.15) is 18.0 Å². The Morgan fingerprint density at radius 1 is 1.13 bits per heavy atom. The highest BCUT2D eigenvalue weighted by Gasteiger charge is 2.50. The third-order valence-corrected chi connectivity index (χ3v) is 6.41. The molecule has 1 amide bonds. The van der Waals surface area contributed by atoms with E-state index in [2.05, 4.69) is 9.67 Å². The van der Waals surface area contributed by atoms with Crippen molar-refractivity contribution in [2.45, 2.75) is 37.3 Å². The van der Waals surface area contributed by atoms with Gasteiger partial charge in [-0.25, -0.2) is 4.57 Å². The number of aromatic nitrogens is 3. The number of carbonyl (C=O) groups excluding carboxylic acids is 1. The van der Waals surface area contributed by atoms with Gasteiger partial charge < -0.3 is 10.5 Å². The molecule has 2 N–H and O–H groups in total. The fraction of sp³-hybridized carbons (Fsp3) is 0.375. The van der Waals surface area contributed by atoms with Crippen LogP contribution in [0.1, 0.15) is 36.4 Å². The second-order valence-corrected chi connectivity index (χ2v) is 8.02. The number of nitrogens with zero attached hydrogens (tertiary/aromatic N) is 3. The lowest BCUT2D eigenvalue weighted by Crippen LogP contribution is -2.47. The van der Waals surface area contributed by atoms with Crippen LogP contribution in [-0.2, 0) is 21.5 Å². The predicted molar refractivity (Wildman–Crippen MR) is 114 cm³/mol. The lowest BCUT2D eigenvalue weighted by atomic mass is 9.64. The minimum Gasteiger partial charge on any atom is -0.381 e. The van der Waals surface area contributed by atoms with Gasteiger partial charge >= 0.3 is 0 Å². The van der Waals surface area contributed by atoms with E-state index in [1.807, 2.05) is 78.0 Å². The molecule has 1 aromatic heterocycles. The number of hydrogen-bond acceptors (Lipinski definition) is 3. The van der Waals surface area contributed by atoms with Crippen molar-refractivity contribution in [3.05, 3.63) is 84.4 Å². The normalized spacial score (nSPS) is 19.1. The molecule has 30 heavy (non-hydrogen) atoms. The molecule has 2 aromatic carbocycles. The van der Waals surface area contributed by atoms with Gasteiger partial charge in [0.25, 0.3) is 6.33 Å². The average molecular weight is 406 g/mol. The molecule has 4 rings (SSSR count). The molecule has 1 saturated carbocycles. The van der Waals surface area contributed by atoms with Crippen LogP contribution in [0.2, 0.25) is 0 Å². The Morgan fingerprint density at radius 3 is 2.33 bits per heavy atom. The molecule has 3 aromatic rings. The van der Waals surface area contributed by atoms with E-state index in [0.29, 0.717) is 6.61 Å². The number of ether oxygens (including phenoxy) is 1. The zero-order valence-corrected chi connectivity index (χ0v) is 17.4. The average Bonchev–Trinajstić information content (AvgIpc) is 3.44. The first-order chi connectivity index (χ1) is 14.7. The largest absolute Gasteiger partial charge is 0.381 e. The fourth-order valence-corrected chi connectivity index (χ4v) is 4.98. The van der Waals surface area contributed by atoms with Gasteiger partial charge in [-0.15, -0.1) is 4.68 Å². The number of primary amides is 1. The molecule has 1 aliphatic carbocycles. The molecule has 0 radical (unpaired) electrons. The summed E-state index contributed by atoms with van der Waals surface area (Å²) in [6, 6.07) is 20.3. The van der Waals surface area contributed by atoms with Crippen molar-refractivity contribution < 1.29 is 14.2 Å². The van der Waals surface area contributed by atoms with Gasteiger partial charge in [0, 0.05) is 7.11 Å². The SMILES string of the molecule is COCC[n+]1cn(C2CCC(C(C(N)=O)(c3ccccc3)c3ccccc3)C2)cn1. The molecule has 2 atom stereocenters. The molecular weight excluding hydrogens is 376 g/mol. The summed E-state index contributed by atoms with van der Waals surface area (Å²) in [5.41, 5.74) is 7.27. The zero-order chi connectivity index (χ0) is 21.0. The van der Waals surface area contributed by atoms with Crippen LogP contribution in [0.5, 0.6) is 0 Å². The van der Waals surface area contributed by atoms with Crippen molar-refractivity contribution in [1.29, 1.82) is 0 Å². The van der Waals surface area contributed by atoms with E-state index in [0.717, 1.165) is 36.9 Å². The highest BCUT2D eigenvalue weighted by molar-refractivity contribution is 5.91. The number of methoxy groups -OCH3 is 1. The Hall–Kier alpha value is -2.99. The molecule has 1 fully saturated rings. The maximum absolute atomic E-state index is 13.2. The first-order valence-corrected chi connectivity index (χ1v) is 10.5. The summed E-state index contributed by atoms with van der Waals surface area (Å²) in [4.78, 5) is 13.2. The fourth-order valence-electron chi connectivity index (χ4n) is 4.98. The van der Waals surface area contributed by atoms with E-state index in [-0.39, 0.29) is 17.9 Å². The van der Waals surface area contributed by atoms with Crippen LogP contribution in [0.3, 0.4) is 0 Å². The molecule has 0 saturated heterocycles. The monoisotopic (exact) mass is 405 g/mol. The first-order valence-electron chi connectivity index (χ1n) is 10.5. The summed E-state index contributed by atoms with van der Waals surface area (Å²) >= 11 is 0. The quantitative estimate of drug-likeness (QED) is 0.586. The second-order valence-electron chi connectivity index (χ2n) is 8.02. The lowest BCUT2D eigenvalue weighted by Gasteiger charge is -2.37. The standard InChI is InChI=1S/C24H28N4O2/c1-30-15-14-28-18-27(17-26-28)22-13-12-21(16-22)24(23(25)29,19-8-4-2-5-9-19)20-10-6-3-7-11-20/h2-11,17-18,21-22H,12-16H2,1H3,(H-,25,29)/p+1. The summed E-state index contributed by atoms with van der Waals surface area (Å²) in [5.74, 6) is -0.175. The molecule has 0 aliphatic heterocycles. The van der Waals surface area contributed by atoms with Crippen LogP contribution in [0.15, 0.2) is 73.3 Å². The number of carbonyl (C=O) groups is 1. The number of rotatable bonds is 8. The van der Waals surface area contributed by atoms with Crippen LogP contribution in [-0.4, -0.2) is 29.3 Å². The minimum atomic E-state index is -0.843. The van der Waals surface area contributed by atoms with Gasteiger partial charge in [0.2, 0.25) is 12.2 Å². The van der Waals surface area contributed by atoms with E-state index in [1.165, 1.54) is 0 Å². The van der Waals surface area contributed by atoms with Crippen LogP contribution in [0.4, 0.5) is 0 Å². The number of nitrogens with two attached hydrogens (primary N) is 1. The third kappa shape index (κ3) is 3.63. The van der Waals surface area contributed by atoms with E-state index >= 15 is 0 Å². The van der Waals surface area contributed by atoms with Crippen LogP contribution < -0.4 is 10.4 Å². The van der Waals surface area contributed by atoms with Gasteiger partial charge in [0.15, 0.2) is 0 Å². The van der Waals surface area contributed by atoms with E-state index in [4.69, 9.17) is 10.5 Å². The highest BCUT2D eigenvalue weighted by atomic mass is 16.5. The molecular formula is C24H29N4O2+.